The Labute approximate surface area is 157 Å². The first kappa shape index (κ1) is 17.6. The number of halogens is 3. The fourth-order valence-electron chi connectivity index (χ4n) is 2.27. The maximum atomic E-state index is 12.2. The summed E-state index contributed by atoms with van der Waals surface area (Å²) < 4.78 is 5.05. The zero-order valence-corrected chi connectivity index (χ0v) is 15.1. The van der Waals surface area contributed by atoms with E-state index < -0.39 is 0 Å². The number of hydrogen-bond acceptors (Lipinski definition) is 4. The SMILES string of the molecule is COc1cc(/C=C(\Cl)c2nc3cc(Cl)ccc3c(=O)[nH]2)cc(Cl)c1O. The Kier molecular flexibility index (Phi) is 4.90. The molecule has 0 saturated carbocycles. The van der Waals surface area contributed by atoms with Gasteiger partial charge >= 0.3 is 0 Å². The minimum absolute atomic E-state index is 0.113. The van der Waals surface area contributed by atoms with Crippen LogP contribution in [0, 0.1) is 0 Å². The average Bonchev–Trinajstić information content (AvgIpc) is 2.57. The average molecular weight is 398 g/mol. The van der Waals surface area contributed by atoms with Gasteiger partial charge in [0.1, 0.15) is 0 Å². The highest BCUT2D eigenvalue weighted by Gasteiger charge is 2.11. The normalized spacial score (nSPS) is 11.8. The predicted molar refractivity (Wildman–Crippen MR) is 101 cm³/mol. The van der Waals surface area contributed by atoms with Crippen molar-refractivity contribution in [3.63, 3.8) is 0 Å². The molecule has 25 heavy (non-hydrogen) atoms. The van der Waals surface area contributed by atoms with Gasteiger partial charge in [-0.2, -0.15) is 0 Å². The maximum absolute atomic E-state index is 12.2. The first-order valence-corrected chi connectivity index (χ1v) is 8.16. The first-order valence-electron chi connectivity index (χ1n) is 7.02. The highest BCUT2D eigenvalue weighted by atomic mass is 35.5. The smallest absolute Gasteiger partial charge is 0.259 e. The number of phenolic OH excluding ortho intramolecular Hbond substituents is 1. The summed E-state index contributed by atoms with van der Waals surface area (Å²) in [6.07, 6.45) is 1.55. The Hall–Kier alpha value is -2.21. The number of hydrogen-bond donors (Lipinski definition) is 2. The van der Waals surface area contributed by atoms with Crippen LogP contribution in [0.15, 0.2) is 35.1 Å². The maximum Gasteiger partial charge on any atom is 0.259 e. The van der Waals surface area contributed by atoms with Crippen LogP contribution in [0.4, 0.5) is 0 Å². The van der Waals surface area contributed by atoms with Crippen LogP contribution in [0.25, 0.3) is 22.0 Å². The van der Waals surface area contributed by atoms with Crippen molar-refractivity contribution in [2.24, 2.45) is 0 Å². The highest BCUT2D eigenvalue weighted by molar-refractivity contribution is 6.50. The third-order valence-corrected chi connectivity index (χ3v) is 4.27. The van der Waals surface area contributed by atoms with E-state index in [1.54, 1.807) is 30.3 Å². The van der Waals surface area contributed by atoms with E-state index in [-0.39, 0.29) is 32.9 Å². The van der Waals surface area contributed by atoms with Crippen LogP contribution < -0.4 is 10.3 Å². The van der Waals surface area contributed by atoms with Gasteiger partial charge in [-0.15, -0.1) is 0 Å². The number of rotatable bonds is 3. The van der Waals surface area contributed by atoms with Gasteiger partial charge < -0.3 is 14.8 Å². The molecule has 0 atom stereocenters. The molecular formula is C17H11Cl3N2O3. The summed E-state index contributed by atoms with van der Waals surface area (Å²) >= 11 is 18.2. The van der Waals surface area contributed by atoms with E-state index in [4.69, 9.17) is 39.5 Å². The first-order chi connectivity index (χ1) is 11.9. The topological polar surface area (TPSA) is 75.2 Å². The number of H-pyrrole nitrogens is 1. The quantitative estimate of drug-likeness (QED) is 0.673. The molecule has 8 heteroatoms. The second-order valence-electron chi connectivity index (χ2n) is 5.12. The number of nitrogens with one attached hydrogen (secondary N) is 1. The number of methoxy groups -OCH3 is 1. The van der Waals surface area contributed by atoms with Crippen molar-refractivity contribution in [1.82, 2.24) is 9.97 Å². The molecule has 1 aromatic heterocycles. The highest BCUT2D eigenvalue weighted by Crippen LogP contribution is 2.36. The molecule has 5 nitrogen and oxygen atoms in total. The van der Waals surface area contributed by atoms with Crippen molar-refractivity contribution in [1.29, 1.82) is 0 Å². The molecule has 3 aromatic rings. The van der Waals surface area contributed by atoms with Gasteiger partial charge in [0.25, 0.3) is 5.56 Å². The van der Waals surface area contributed by atoms with E-state index in [9.17, 15) is 9.90 Å². The summed E-state index contributed by atoms with van der Waals surface area (Å²) in [4.78, 5) is 19.1. The largest absolute Gasteiger partial charge is 0.503 e. The number of aromatic nitrogens is 2. The van der Waals surface area contributed by atoms with E-state index in [0.717, 1.165) is 0 Å². The molecule has 0 aliphatic heterocycles. The Morgan fingerprint density at radius 3 is 2.76 bits per heavy atom. The van der Waals surface area contributed by atoms with Gasteiger partial charge in [0, 0.05) is 5.02 Å². The molecule has 2 aromatic carbocycles. The fraction of sp³-hybridized carbons (Fsp3) is 0.0588. The second kappa shape index (κ2) is 6.96. The molecule has 0 aliphatic carbocycles. The number of aromatic hydroxyl groups is 1. The van der Waals surface area contributed by atoms with Crippen LogP contribution in [0.1, 0.15) is 11.4 Å². The van der Waals surface area contributed by atoms with Gasteiger partial charge in [-0.05, 0) is 42.0 Å². The van der Waals surface area contributed by atoms with Crippen molar-refractivity contribution in [2.45, 2.75) is 0 Å². The zero-order valence-electron chi connectivity index (χ0n) is 12.8. The second-order valence-corrected chi connectivity index (χ2v) is 6.37. The van der Waals surface area contributed by atoms with E-state index in [0.29, 0.717) is 21.5 Å². The van der Waals surface area contributed by atoms with Crippen LogP contribution in [0.5, 0.6) is 11.5 Å². The Morgan fingerprint density at radius 1 is 1.28 bits per heavy atom. The molecule has 0 aliphatic rings. The standard InChI is InChI=1S/C17H11Cl3N2O3/c1-25-14-6-8(4-11(19)15(14)23)5-12(20)16-21-13-7-9(18)2-3-10(13)17(24)22-16/h2-7,23H,1H3,(H,21,22,24)/b12-5-. The minimum Gasteiger partial charge on any atom is -0.503 e. The van der Waals surface area contributed by atoms with Gasteiger partial charge in [0.15, 0.2) is 17.3 Å². The Bertz CT molecular complexity index is 1060. The molecule has 0 bridgehead atoms. The van der Waals surface area contributed by atoms with Crippen LogP contribution >= 0.6 is 34.8 Å². The van der Waals surface area contributed by atoms with Crippen molar-refractivity contribution in [3.05, 3.63) is 62.1 Å². The zero-order chi connectivity index (χ0) is 18.1. The number of ether oxygens (including phenoxy) is 1. The summed E-state index contributed by atoms with van der Waals surface area (Å²) in [6, 6.07) is 7.86. The number of phenols is 1. The van der Waals surface area contributed by atoms with Gasteiger partial charge in [0.05, 0.1) is 28.1 Å². The molecule has 0 fully saturated rings. The molecule has 0 saturated heterocycles. The molecule has 1 heterocycles. The molecule has 3 rings (SSSR count). The van der Waals surface area contributed by atoms with Gasteiger partial charge in [0.2, 0.25) is 0 Å². The molecular weight excluding hydrogens is 387 g/mol. The van der Waals surface area contributed by atoms with Crippen LogP contribution in [0.3, 0.4) is 0 Å². The van der Waals surface area contributed by atoms with Gasteiger partial charge in [-0.3, -0.25) is 4.79 Å². The lowest BCUT2D eigenvalue weighted by atomic mass is 10.2. The van der Waals surface area contributed by atoms with E-state index in [1.165, 1.54) is 13.2 Å². The Morgan fingerprint density at radius 2 is 2.04 bits per heavy atom. The molecule has 0 amide bonds. The van der Waals surface area contributed by atoms with Crippen molar-refractivity contribution < 1.29 is 9.84 Å². The van der Waals surface area contributed by atoms with Gasteiger partial charge in [-0.1, -0.05) is 34.8 Å². The lowest BCUT2D eigenvalue weighted by Crippen LogP contribution is -2.10. The van der Waals surface area contributed by atoms with E-state index in [2.05, 4.69) is 9.97 Å². The van der Waals surface area contributed by atoms with Crippen LogP contribution in [-0.4, -0.2) is 22.2 Å². The lowest BCUT2D eigenvalue weighted by molar-refractivity contribution is 0.373. The molecule has 0 radical (unpaired) electrons. The van der Waals surface area contributed by atoms with Crippen molar-refractivity contribution in [3.8, 4) is 11.5 Å². The number of nitrogens with zero attached hydrogens (tertiary/aromatic N) is 1. The molecule has 0 spiro atoms. The third-order valence-electron chi connectivity index (χ3n) is 3.46. The van der Waals surface area contributed by atoms with E-state index >= 15 is 0 Å². The molecule has 128 valence electrons. The predicted octanol–water partition coefficient (Wildman–Crippen LogP) is 4.68. The molecule has 0 unspecified atom stereocenters. The van der Waals surface area contributed by atoms with E-state index in [1.807, 2.05) is 0 Å². The van der Waals surface area contributed by atoms with Crippen molar-refractivity contribution >= 4 is 56.8 Å². The van der Waals surface area contributed by atoms with Crippen molar-refractivity contribution in [2.75, 3.05) is 7.11 Å². The summed E-state index contributed by atoms with van der Waals surface area (Å²) in [6.45, 7) is 0. The third kappa shape index (κ3) is 3.58. The number of aromatic amines is 1. The Balaban J connectivity index is 2.10. The summed E-state index contributed by atoms with van der Waals surface area (Å²) in [5.74, 6) is 0.226. The number of fused-ring (bicyclic) bond motifs is 1. The van der Waals surface area contributed by atoms with Crippen LogP contribution in [0.2, 0.25) is 10.0 Å². The number of benzene rings is 2. The lowest BCUT2D eigenvalue weighted by Gasteiger charge is -2.07. The molecule has 2 N–H and O–H groups in total. The minimum atomic E-state index is -0.329. The summed E-state index contributed by atoms with van der Waals surface area (Å²) in [7, 11) is 1.41. The summed E-state index contributed by atoms with van der Waals surface area (Å²) in [5.41, 5.74) is 0.669. The van der Waals surface area contributed by atoms with Crippen LogP contribution in [-0.2, 0) is 0 Å². The summed E-state index contributed by atoms with van der Waals surface area (Å²) in [5, 5.41) is 10.9. The van der Waals surface area contributed by atoms with Gasteiger partial charge in [-0.25, -0.2) is 4.98 Å². The monoisotopic (exact) mass is 396 g/mol. The fourth-order valence-corrected chi connectivity index (χ4v) is 2.87.